The molecule has 1 aliphatic heterocycles. The molecule has 0 bridgehead atoms. The van der Waals surface area contributed by atoms with Gasteiger partial charge in [0.1, 0.15) is 12.4 Å². The van der Waals surface area contributed by atoms with Crippen molar-refractivity contribution >= 4 is 5.96 Å². The van der Waals surface area contributed by atoms with Crippen molar-refractivity contribution in [3.05, 3.63) is 29.8 Å². The lowest BCUT2D eigenvalue weighted by Crippen LogP contribution is -2.38. The SMILES string of the molecule is CCCCOCCCNC(=NCc1cccc(OCCN(C)C2CCOCC2)c1)NCC. The summed E-state index contributed by atoms with van der Waals surface area (Å²) in [5.41, 5.74) is 1.14. The number of likely N-dealkylation sites (N-methyl/N-ethyl adjacent to an activating group) is 1. The summed E-state index contributed by atoms with van der Waals surface area (Å²) in [7, 11) is 2.18. The van der Waals surface area contributed by atoms with Gasteiger partial charge < -0.3 is 24.8 Å². The molecule has 32 heavy (non-hydrogen) atoms. The van der Waals surface area contributed by atoms with E-state index in [1.165, 1.54) is 6.42 Å². The maximum Gasteiger partial charge on any atom is 0.191 e. The highest BCUT2D eigenvalue weighted by Crippen LogP contribution is 2.15. The molecule has 0 saturated carbocycles. The Hall–Kier alpha value is -1.83. The molecule has 1 aromatic carbocycles. The predicted molar refractivity (Wildman–Crippen MR) is 132 cm³/mol. The number of hydrogen-bond acceptors (Lipinski definition) is 5. The fraction of sp³-hybridized carbons (Fsp3) is 0.720. The quantitative estimate of drug-likeness (QED) is 0.243. The molecule has 1 heterocycles. The Labute approximate surface area is 194 Å². The molecule has 7 nitrogen and oxygen atoms in total. The van der Waals surface area contributed by atoms with Gasteiger partial charge in [-0.3, -0.25) is 4.90 Å². The minimum absolute atomic E-state index is 0.605. The number of ether oxygens (including phenoxy) is 3. The van der Waals surface area contributed by atoms with Crippen LogP contribution in [0, 0.1) is 0 Å². The first-order valence-corrected chi connectivity index (χ1v) is 12.3. The first-order chi connectivity index (χ1) is 15.7. The number of aliphatic imine (C=N–C) groups is 1. The highest BCUT2D eigenvalue weighted by molar-refractivity contribution is 5.79. The molecule has 0 aromatic heterocycles. The van der Waals surface area contributed by atoms with Crippen molar-refractivity contribution in [3.8, 4) is 5.75 Å². The molecular weight excluding hydrogens is 404 g/mol. The Kier molecular flexibility index (Phi) is 13.8. The van der Waals surface area contributed by atoms with Gasteiger partial charge in [0.25, 0.3) is 0 Å². The molecule has 0 amide bonds. The van der Waals surface area contributed by atoms with Crippen LogP contribution in [0.4, 0.5) is 0 Å². The summed E-state index contributed by atoms with van der Waals surface area (Å²) in [5.74, 6) is 1.74. The predicted octanol–water partition coefficient (Wildman–Crippen LogP) is 3.44. The van der Waals surface area contributed by atoms with Gasteiger partial charge in [-0.15, -0.1) is 0 Å². The van der Waals surface area contributed by atoms with E-state index in [1.54, 1.807) is 0 Å². The number of hydrogen-bond donors (Lipinski definition) is 2. The van der Waals surface area contributed by atoms with Gasteiger partial charge in [0.15, 0.2) is 5.96 Å². The van der Waals surface area contributed by atoms with Crippen LogP contribution in [0.2, 0.25) is 0 Å². The van der Waals surface area contributed by atoms with Crippen LogP contribution in [0.15, 0.2) is 29.3 Å². The molecule has 182 valence electrons. The highest BCUT2D eigenvalue weighted by atomic mass is 16.5. The van der Waals surface area contributed by atoms with Crippen LogP contribution in [-0.2, 0) is 16.0 Å². The van der Waals surface area contributed by atoms with Gasteiger partial charge in [-0.05, 0) is 57.4 Å². The largest absolute Gasteiger partial charge is 0.492 e. The van der Waals surface area contributed by atoms with Gasteiger partial charge >= 0.3 is 0 Å². The van der Waals surface area contributed by atoms with Gasteiger partial charge in [-0.25, -0.2) is 4.99 Å². The van der Waals surface area contributed by atoms with Gasteiger partial charge in [0.05, 0.1) is 6.54 Å². The van der Waals surface area contributed by atoms with Crippen molar-refractivity contribution in [2.75, 3.05) is 59.7 Å². The van der Waals surface area contributed by atoms with Crippen LogP contribution >= 0.6 is 0 Å². The van der Waals surface area contributed by atoms with Gasteiger partial charge in [-0.1, -0.05) is 25.5 Å². The average Bonchev–Trinajstić information content (AvgIpc) is 2.82. The molecule has 1 aliphatic rings. The van der Waals surface area contributed by atoms with E-state index in [0.717, 1.165) is 89.0 Å². The van der Waals surface area contributed by atoms with Crippen LogP contribution < -0.4 is 15.4 Å². The summed E-state index contributed by atoms with van der Waals surface area (Å²) in [4.78, 5) is 7.11. The molecule has 0 unspecified atom stereocenters. The Balaban J connectivity index is 1.72. The molecule has 0 atom stereocenters. The van der Waals surface area contributed by atoms with E-state index in [9.17, 15) is 0 Å². The summed E-state index contributed by atoms with van der Waals surface area (Å²) >= 11 is 0. The number of nitrogens with one attached hydrogen (secondary N) is 2. The van der Waals surface area contributed by atoms with Crippen LogP contribution in [0.25, 0.3) is 0 Å². The first kappa shape index (κ1) is 26.4. The van der Waals surface area contributed by atoms with Crippen molar-refractivity contribution in [1.29, 1.82) is 0 Å². The van der Waals surface area contributed by atoms with Crippen molar-refractivity contribution in [2.45, 2.75) is 58.5 Å². The Bertz CT molecular complexity index is 635. The first-order valence-electron chi connectivity index (χ1n) is 12.3. The molecule has 1 aromatic rings. The number of nitrogens with zero attached hydrogens (tertiary/aromatic N) is 2. The third-order valence-corrected chi connectivity index (χ3v) is 5.59. The second kappa shape index (κ2) is 16.8. The third kappa shape index (κ3) is 11.2. The van der Waals surface area contributed by atoms with E-state index < -0.39 is 0 Å². The van der Waals surface area contributed by atoms with Crippen LogP contribution in [0.3, 0.4) is 0 Å². The van der Waals surface area contributed by atoms with Crippen LogP contribution in [0.5, 0.6) is 5.75 Å². The lowest BCUT2D eigenvalue weighted by Gasteiger charge is -2.31. The van der Waals surface area contributed by atoms with Crippen molar-refractivity contribution in [1.82, 2.24) is 15.5 Å². The van der Waals surface area contributed by atoms with E-state index in [2.05, 4.69) is 48.6 Å². The van der Waals surface area contributed by atoms with Crippen LogP contribution in [0.1, 0.15) is 51.5 Å². The van der Waals surface area contributed by atoms with E-state index >= 15 is 0 Å². The number of benzene rings is 1. The molecular formula is C25H44N4O3. The molecule has 2 rings (SSSR count). The van der Waals surface area contributed by atoms with E-state index in [4.69, 9.17) is 19.2 Å². The fourth-order valence-corrected chi connectivity index (χ4v) is 3.59. The molecule has 1 saturated heterocycles. The normalized spacial score (nSPS) is 15.2. The average molecular weight is 449 g/mol. The molecule has 0 radical (unpaired) electrons. The second-order valence-electron chi connectivity index (χ2n) is 8.26. The summed E-state index contributed by atoms with van der Waals surface area (Å²) in [6, 6.07) is 8.84. The molecule has 2 N–H and O–H groups in total. The standard InChI is InChI=1S/C25H44N4O3/c1-4-6-15-30-16-8-13-27-25(26-5-2)28-21-22-9-7-10-24(20-22)32-19-14-29(3)23-11-17-31-18-12-23/h7,9-10,20,23H,4-6,8,11-19,21H2,1-3H3,(H2,26,27,28). The summed E-state index contributed by atoms with van der Waals surface area (Å²) in [6.45, 7) is 11.5. The monoisotopic (exact) mass is 448 g/mol. The van der Waals surface area contributed by atoms with Crippen molar-refractivity contribution in [2.24, 2.45) is 4.99 Å². The summed E-state index contributed by atoms with van der Waals surface area (Å²) in [6.07, 6.45) is 5.50. The fourth-order valence-electron chi connectivity index (χ4n) is 3.59. The minimum atomic E-state index is 0.605. The van der Waals surface area contributed by atoms with Crippen LogP contribution in [-0.4, -0.2) is 76.6 Å². The van der Waals surface area contributed by atoms with Crippen molar-refractivity contribution < 1.29 is 14.2 Å². The molecule has 7 heteroatoms. The maximum atomic E-state index is 6.02. The topological polar surface area (TPSA) is 67.3 Å². The molecule has 0 spiro atoms. The number of guanidine groups is 1. The Morgan fingerprint density at radius 2 is 1.94 bits per heavy atom. The highest BCUT2D eigenvalue weighted by Gasteiger charge is 2.17. The van der Waals surface area contributed by atoms with E-state index in [-0.39, 0.29) is 0 Å². The smallest absolute Gasteiger partial charge is 0.191 e. The third-order valence-electron chi connectivity index (χ3n) is 5.59. The van der Waals surface area contributed by atoms with Gasteiger partial charge in [-0.2, -0.15) is 0 Å². The second-order valence-corrected chi connectivity index (χ2v) is 8.26. The van der Waals surface area contributed by atoms with Gasteiger partial charge in [0, 0.05) is 52.1 Å². The lowest BCUT2D eigenvalue weighted by atomic mass is 10.1. The summed E-state index contributed by atoms with van der Waals surface area (Å²) < 4.78 is 17.1. The lowest BCUT2D eigenvalue weighted by molar-refractivity contribution is 0.0392. The zero-order chi connectivity index (χ0) is 22.9. The summed E-state index contributed by atoms with van der Waals surface area (Å²) in [5, 5.41) is 6.70. The Morgan fingerprint density at radius 3 is 2.72 bits per heavy atom. The molecule has 0 aliphatic carbocycles. The number of unbranched alkanes of at least 4 members (excludes halogenated alkanes) is 1. The minimum Gasteiger partial charge on any atom is -0.492 e. The van der Waals surface area contributed by atoms with Crippen molar-refractivity contribution in [3.63, 3.8) is 0 Å². The van der Waals surface area contributed by atoms with Gasteiger partial charge in [0.2, 0.25) is 0 Å². The maximum absolute atomic E-state index is 6.02. The molecule has 1 fully saturated rings. The zero-order valence-corrected chi connectivity index (χ0v) is 20.4. The zero-order valence-electron chi connectivity index (χ0n) is 20.4. The number of rotatable bonds is 15. The Morgan fingerprint density at radius 1 is 1.12 bits per heavy atom. The van der Waals surface area contributed by atoms with E-state index in [0.29, 0.717) is 19.2 Å². The van der Waals surface area contributed by atoms with E-state index in [1.807, 2.05) is 12.1 Å².